The van der Waals surface area contributed by atoms with Crippen molar-refractivity contribution in [3.05, 3.63) is 23.6 Å². The normalized spacial score (nSPS) is 20.0. The molecule has 1 aromatic heterocycles. The molecule has 0 spiro atoms. The number of carbonyl (C=O) groups is 1. The zero-order valence-electron chi connectivity index (χ0n) is 12.0. The summed E-state index contributed by atoms with van der Waals surface area (Å²) in [5.41, 5.74) is -0.0482. The zero-order valence-corrected chi connectivity index (χ0v) is 12.0. The monoisotopic (exact) mass is 280 g/mol. The van der Waals surface area contributed by atoms with Crippen LogP contribution in [0.3, 0.4) is 0 Å². The molecular formula is C15H21FN2O2. The molecule has 20 heavy (non-hydrogen) atoms. The fourth-order valence-corrected chi connectivity index (χ4v) is 2.84. The van der Waals surface area contributed by atoms with Crippen molar-refractivity contribution in [2.75, 3.05) is 18.0 Å². The number of hydrogen-bond acceptors (Lipinski definition) is 3. The Morgan fingerprint density at radius 2 is 2.20 bits per heavy atom. The lowest BCUT2D eigenvalue weighted by Crippen LogP contribution is -2.27. The van der Waals surface area contributed by atoms with Crippen LogP contribution in [0.4, 0.5) is 10.2 Å². The van der Waals surface area contributed by atoms with Gasteiger partial charge in [0.2, 0.25) is 0 Å². The van der Waals surface area contributed by atoms with Crippen LogP contribution in [0.25, 0.3) is 0 Å². The van der Waals surface area contributed by atoms with Crippen LogP contribution in [0.1, 0.15) is 43.5 Å². The van der Waals surface area contributed by atoms with Gasteiger partial charge in [0.1, 0.15) is 17.2 Å². The van der Waals surface area contributed by atoms with E-state index in [-0.39, 0.29) is 5.56 Å². The Bertz CT molecular complexity index is 491. The molecule has 1 fully saturated rings. The first-order chi connectivity index (χ1) is 9.49. The van der Waals surface area contributed by atoms with Crippen LogP contribution in [-0.2, 0) is 0 Å². The molecule has 1 saturated heterocycles. The number of rotatable bonds is 3. The van der Waals surface area contributed by atoms with E-state index in [9.17, 15) is 14.3 Å². The van der Waals surface area contributed by atoms with Crippen LogP contribution in [0.2, 0.25) is 0 Å². The van der Waals surface area contributed by atoms with E-state index >= 15 is 0 Å². The van der Waals surface area contributed by atoms with Crippen LogP contribution >= 0.6 is 0 Å². The number of halogens is 1. The first-order valence-electron chi connectivity index (χ1n) is 7.13. The molecule has 0 aliphatic carbocycles. The summed E-state index contributed by atoms with van der Waals surface area (Å²) < 4.78 is 13.2. The highest BCUT2D eigenvalue weighted by Crippen LogP contribution is 2.28. The fourth-order valence-electron chi connectivity index (χ4n) is 2.84. The van der Waals surface area contributed by atoms with E-state index in [0.717, 1.165) is 44.6 Å². The molecular weight excluding hydrogens is 259 g/mol. The summed E-state index contributed by atoms with van der Waals surface area (Å²) in [6.45, 7) is 6.00. The van der Waals surface area contributed by atoms with E-state index in [2.05, 4.69) is 18.8 Å². The van der Waals surface area contributed by atoms with Gasteiger partial charge >= 0.3 is 5.97 Å². The quantitative estimate of drug-likeness (QED) is 0.924. The average molecular weight is 280 g/mol. The van der Waals surface area contributed by atoms with Gasteiger partial charge in [0.05, 0.1) is 6.20 Å². The standard InChI is InChI=1S/C15H21FN2O2/c1-10(2)11-4-3-6-18(7-5-11)14-13(15(19)20)8-12(16)9-17-14/h8-11H,3-7H2,1-2H3,(H,19,20). The maximum atomic E-state index is 13.2. The Kier molecular flexibility index (Phi) is 4.57. The van der Waals surface area contributed by atoms with Crippen molar-refractivity contribution >= 4 is 11.8 Å². The summed E-state index contributed by atoms with van der Waals surface area (Å²) >= 11 is 0. The number of carboxylic acids is 1. The van der Waals surface area contributed by atoms with Gasteiger partial charge < -0.3 is 10.0 Å². The smallest absolute Gasteiger partial charge is 0.339 e. The van der Waals surface area contributed by atoms with Crippen molar-refractivity contribution in [2.45, 2.75) is 33.1 Å². The minimum atomic E-state index is -1.13. The number of aromatic carboxylic acids is 1. The second-order valence-corrected chi connectivity index (χ2v) is 5.75. The predicted octanol–water partition coefficient (Wildman–Crippen LogP) is 3.18. The minimum Gasteiger partial charge on any atom is -0.478 e. The molecule has 1 aromatic rings. The maximum Gasteiger partial charge on any atom is 0.339 e. The molecule has 0 saturated carbocycles. The average Bonchev–Trinajstić information content (AvgIpc) is 2.64. The fraction of sp³-hybridized carbons (Fsp3) is 0.600. The lowest BCUT2D eigenvalue weighted by molar-refractivity contribution is 0.0696. The van der Waals surface area contributed by atoms with Gasteiger partial charge in [-0.05, 0) is 37.2 Å². The van der Waals surface area contributed by atoms with E-state index in [1.165, 1.54) is 0 Å². The molecule has 0 bridgehead atoms. The molecule has 110 valence electrons. The van der Waals surface area contributed by atoms with Crippen molar-refractivity contribution in [2.24, 2.45) is 11.8 Å². The molecule has 5 heteroatoms. The number of anilines is 1. The topological polar surface area (TPSA) is 53.4 Å². The lowest BCUT2D eigenvalue weighted by Gasteiger charge is -2.23. The third-order valence-electron chi connectivity index (χ3n) is 4.08. The summed E-state index contributed by atoms with van der Waals surface area (Å²) in [5.74, 6) is -0.0511. The Balaban J connectivity index is 2.21. The van der Waals surface area contributed by atoms with Crippen LogP contribution in [0.15, 0.2) is 12.3 Å². The van der Waals surface area contributed by atoms with Crippen molar-refractivity contribution in [1.29, 1.82) is 0 Å². The van der Waals surface area contributed by atoms with Gasteiger partial charge in [0.25, 0.3) is 0 Å². The molecule has 4 nitrogen and oxygen atoms in total. The third kappa shape index (κ3) is 3.26. The molecule has 1 unspecified atom stereocenters. The summed E-state index contributed by atoms with van der Waals surface area (Å²) in [7, 11) is 0. The Morgan fingerprint density at radius 3 is 2.85 bits per heavy atom. The summed E-state index contributed by atoms with van der Waals surface area (Å²) in [5, 5.41) is 9.20. The van der Waals surface area contributed by atoms with E-state index in [4.69, 9.17) is 0 Å². The van der Waals surface area contributed by atoms with Crippen LogP contribution in [-0.4, -0.2) is 29.1 Å². The van der Waals surface area contributed by atoms with Crippen LogP contribution in [0, 0.1) is 17.7 Å². The lowest BCUT2D eigenvalue weighted by atomic mass is 9.89. The van der Waals surface area contributed by atoms with Crippen molar-refractivity contribution in [3.8, 4) is 0 Å². The summed E-state index contributed by atoms with van der Waals surface area (Å²) in [4.78, 5) is 17.2. The molecule has 0 aromatic carbocycles. The van der Waals surface area contributed by atoms with Gasteiger partial charge in [0, 0.05) is 13.1 Å². The van der Waals surface area contributed by atoms with Crippen molar-refractivity contribution in [1.82, 2.24) is 4.98 Å². The van der Waals surface area contributed by atoms with Gasteiger partial charge in [-0.2, -0.15) is 0 Å². The molecule has 2 heterocycles. The Labute approximate surface area is 118 Å². The zero-order chi connectivity index (χ0) is 14.7. The highest BCUT2D eigenvalue weighted by Gasteiger charge is 2.23. The highest BCUT2D eigenvalue weighted by atomic mass is 19.1. The third-order valence-corrected chi connectivity index (χ3v) is 4.08. The second-order valence-electron chi connectivity index (χ2n) is 5.75. The summed E-state index contributed by atoms with van der Waals surface area (Å²) in [6.07, 6.45) is 4.28. The SMILES string of the molecule is CC(C)C1CCCN(c2ncc(F)cc2C(=O)O)CC1. The Morgan fingerprint density at radius 1 is 1.45 bits per heavy atom. The number of aromatic nitrogens is 1. The number of carboxylic acid groups (broad SMARTS) is 1. The van der Waals surface area contributed by atoms with Gasteiger partial charge in [-0.25, -0.2) is 14.2 Å². The number of hydrogen-bond donors (Lipinski definition) is 1. The first kappa shape index (κ1) is 14.8. The number of nitrogens with zero attached hydrogens (tertiary/aromatic N) is 2. The van der Waals surface area contributed by atoms with Gasteiger partial charge in [-0.1, -0.05) is 13.8 Å². The van der Waals surface area contributed by atoms with Gasteiger partial charge in [0.15, 0.2) is 0 Å². The van der Waals surface area contributed by atoms with E-state index in [0.29, 0.717) is 17.7 Å². The van der Waals surface area contributed by atoms with E-state index in [1.54, 1.807) is 0 Å². The molecule has 1 atom stereocenters. The number of pyridine rings is 1. The molecule has 1 aliphatic heterocycles. The van der Waals surface area contributed by atoms with Crippen LogP contribution < -0.4 is 4.90 Å². The highest BCUT2D eigenvalue weighted by molar-refractivity contribution is 5.93. The molecule has 1 aliphatic rings. The molecule has 0 radical (unpaired) electrons. The van der Waals surface area contributed by atoms with Crippen molar-refractivity contribution < 1.29 is 14.3 Å². The van der Waals surface area contributed by atoms with Gasteiger partial charge in [-0.3, -0.25) is 0 Å². The maximum absolute atomic E-state index is 13.2. The van der Waals surface area contributed by atoms with Gasteiger partial charge in [-0.15, -0.1) is 0 Å². The molecule has 0 amide bonds. The minimum absolute atomic E-state index is 0.0482. The van der Waals surface area contributed by atoms with Crippen LogP contribution in [0.5, 0.6) is 0 Å². The molecule has 2 rings (SSSR count). The second kappa shape index (κ2) is 6.20. The Hall–Kier alpha value is -1.65. The van der Waals surface area contributed by atoms with Crippen molar-refractivity contribution in [3.63, 3.8) is 0 Å². The first-order valence-corrected chi connectivity index (χ1v) is 7.13. The summed E-state index contributed by atoms with van der Waals surface area (Å²) in [6, 6.07) is 1.05. The van der Waals surface area contributed by atoms with E-state index in [1.807, 2.05) is 4.90 Å². The molecule has 1 N–H and O–H groups in total. The van der Waals surface area contributed by atoms with E-state index < -0.39 is 11.8 Å². The predicted molar refractivity (Wildman–Crippen MR) is 75.5 cm³/mol. The largest absolute Gasteiger partial charge is 0.478 e.